The number of aliphatic carboxylic acids is 4. The third-order valence-electron chi connectivity index (χ3n) is 3.67. The SMILES string of the molecule is C=C(C)C(=O)[O-].C=C(C)C(=O)[O-].CCC.CCCCCCCC(=O)[O-].CCCCCCCC(=O)[O-].[Pb+2].[Pb+2]. The van der Waals surface area contributed by atoms with E-state index < -0.39 is 23.9 Å². The van der Waals surface area contributed by atoms with Crippen LogP contribution in [-0.2, 0) is 19.2 Å². The maximum absolute atomic E-state index is 9.92. The van der Waals surface area contributed by atoms with Crippen LogP contribution in [0.3, 0.4) is 0 Å². The molecule has 0 heterocycles. The fourth-order valence-electron chi connectivity index (χ4n) is 1.75. The second kappa shape index (κ2) is 45.1. The van der Waals surface area contributed by atoms with Gasteiger partial charge in [-0.1, -0.05) is 98.6 Å². The summed E-state index contributed by atoms with van der Waals surface area (Å²) >= 11 is 0. The Balaban J connectivity index is -0.0000000629. The first-order chi connectivity index (χ1) is 16.2. The van der Waals surface area contributed by atoms with E-state index in [4.69, 9.17) is 0 Å². The van der Waals surface area contributed by atoms with Crippen LogP contribution in [0.2, 0.25) is 0 Å². The van der Waals surface area contributed by atoms with Crippen LogP contribution < -0.4 is 20.4 Å². The van der Waals surface area contributed by atoms with E-state index in [0.717, 1.165) is 38.5 Å². The average molecular weight is 915 g/mol. The van der Waals surface area contributed by atoms with Crippen molar-refractivity contribution in [3.05, 3.63) is 24.3 Å². The zero-order valence-corrected chi connectivity index (χ0v) is 31.6. The smallest absolute Gasteiger partial charge is 0.550 e. The Bertz CT molecular complexity index is 493. The third-order valence-corrected chi connectivity index (χ3v) is 3.67. The Morgan fingerprint density at radius 3 is 0.838 bits per heavy atom. The fourth-order valence-corrected chi connectivity index (χ4v) is 1.75. The Hall–Kier alpha value is -0.796. The van der Waals surface area contributed by atoms with Crippen LogP contribution in [0.15, 0.2) is 24.3 Å². The van der Waals surface area contributed by atoms with Crippen molar-refractivity contribution < 1.29 is 39.6 Å². The van der Waals surface area contributed by atoms with Crippen LogP contribution in [0.5, 0.6) is 0 Å². The number of hydrogen-bond acceptors (Lipinski definition) is 8. The Kier molecular flexibility index (Phi) is 64.2. The van der Waals surface area contributed by atoms with Gasteiger partial charge in [0.1, 0.15) is 0 Å². The number of unbranched alkanes of at least 4 members (excludes halogenated alkanes) is 8. The minimum absolute atomic E-state index is 0. The third kappa shape index (κ3) is 86.3. The predicted octanol–water partition coefficient (Wildman–Crippen LogP) is 1.47. The van der Waals surface area contributed by atoms with Crippen molar-refractivity contribution in [2.75, 3.05) is 0 Å². The summed E-state index contributed by atoms with van der Waals surface area (Å²) in [7, 11) is 0. The molecule has 0 aliphatic heterocycles. The molecule has 0 aliphatic rings. The molecular formula is C27H48O8Pb2. The van der Waals surface area contributed by atoms with Crippen molar-refractivity contribution in [1.29, 1.82) is 0 Å². The van der Waals surface area contributed by atoms with Gasteiger partial charge in [0.2, 0.25) is 0 Å². The van der Waals surface area contributed by atoms with E-state index in [2.05, 4.69) is 40.9 Å². The molecule has 0 amide bonds. The first-order valence-corrected chi connectivity index (χ1v) is 12.4. The van der Waals surface area contributed by atoms with Crippen molar-refractivity contribution in [2.24, 2.45) is 0 Å². The van der Waals surface area contributed by atoms with E-state index >= 15 is 0 Å². The predicted molar refractivity (Wildman–Crippen MR) is 144 cm³/mol. The normalized spacial score (nSPS) is 8.16. The molecule has 0 fully saturated rings. The first-order valence-electron chi connectivity index (χ1n) is 12.4. The minimum atomic E-state index is -1.19. The molecule has 0 unspecified atom stereocenters. The zero-order valence-electron chi connectivity index (χ0n) is 23.9. The van der Waals surface area contributed by atoms with Crippen molar-refractivity contribution >= 4 is 78.5 Å². The number of carbonyl (C=O) groups excluding carboxylic acids is 4. The fraction of sp³-hybridized carbons (Fsp3) is 0.704. The maximum atomic E-state index is 9.92. The zero-order chi connectivity index (χ0) is 28.7. The van der Waals surface area contributed by atoms with Gasteiger partial charge in [0, 0.05) is 11.9 Å². The van der Waals surface area contributed by atoms with E-state index in [-0.39, 0.29) is 78.6 Å². The minimum Gasteiger partial charge on any atom is -0.550 e. The monoisotopic (exact) mass is 916 g/mol. The Morgan fingerprint density at radius 2 is 0.703 bits per heavy atom. The van der Waals surface area contributed by atoms with Gasteiger partial charge in [-0.05, 0) is 50.7 Å². The van der Waals surface area contributed by atoms with Gasteiger partial charge in [0.15, 0.2) is 0 Å². The van der Waals surface area contributed by atoms with Crippen LogP contribution in [-0.4, -0.2) is 78.5 Å². The van der Waals surface area contributed by atoms with Crippen molar-refractivity contribution in [2.45, 2.75) is 125 Å². The van der Waals surface area contributed by atoms with Gasteiger partial charge in [0.05, 0.1) is 11.9 Å². The Morgan fingerprint density at radius 1 is 0.514 bits per heavy atom. The number of carbonyl (C=O) groups is 4. The second-order valence-electron chi connectivity index (χ2n) is 7.92. The summed E-state index contributed by atoms with van der Waals surface area (Å²) in [6.07, 6.45) is 12.5. The molecule has 0 saturated carbocycles. The molecule has 0 rings (SSSR count). The molecule has 0 aromatic heterocycles. The summed E-state index contributed by atoms with van der Waals surface area (Å²) < 4.78 is 0. The van der Waals surface area contributed by atoms with E-state index in [1.165, 1.54) is 46.0 Å². The number of carboxylic acid groups (broad SMARTS) is 4. The van der Waals surface area contributed by atoms with Gasteiger partial charge in [-0.2, -0.15) is 0 Å². The maximum Gasteiger partial charge on any atom is 2.00 e. The summed E-state index contributed by atoms with van der Waals surface area (Å²) in [4.78, 5) is 38.8. The standard InChI is InChI=1S/2C8H16O2.2C4H6O2.C3H8.2Pb/c2*1-2-3-4-5-6-7-8(9)10;2*1-3(2)4(5)6;1-3-2;;/h2*2-7H2,1H3,(H,9,10);2*1H2,2H3,(H,5,6);3H2,1-2H3;;/q;;;;;2*+2/p-4. The van der Waals surface area contributed by atoms with Crippen LogP contribution in [0.4, 0.5) is 0 Å². The molecule has 10 heteroatoms. The molecule has 37 heavy (non-hydrogen) atoms. The number of rotatable bonds is 14. The van der Waals surface area contributed by atoms with Gasteiger partial charge in [-0.25, -0.2) is 0 Å². The second-order valence-corrected chi connectivity index (χ2v) is 7.92. The molecule has 0 bridgehead atoms. The van der Waals surface area contributed by atoms with E-state index in [1.807, 2.05) is 0 Å². The summed E-state index contributed by atoms with van der Waals surface area (Å²) in [6.45, 7) is 17.5. The van der Waals surface area contributed by atoms with Gasteiger partial charge in [0.25, 0.3) is 0 Å². The molecule has 4 radical (unpaired) electrons. The molecule has 0 aromatic rings. The molecule has 8 nitrogen and oxygen atoms in total. The van der Waals surface area contributed by atoms with Gasteiger partial charge >= 0.3 is 54.6 Å². The Labute approximate surface area is 265 Å². The molecule has 0 spiro atoms. The number of carboxylic acids is 4. The molecule has 0 N–H and O–H groups in total. The van der Waals surface area contributed by atoms with Gasteiger partial charge < -0.3 is 39.6 Å². The van der Waals surface area contributed by atoms with E-state index in [0.29, 0.717) is 0 Å². The molecule has 0 saturated heterocycles. The topological polar surface area (TPSA) is 161 Å². The van der Waals surface area contributed by atoms with Crippen LogP contribution in [0.1, 0.15) is 125 Å². The van der Waals surface area contributed by atoms with E-state index in [1.54, 1.807) is 0 Å². The molecule has 0 atom stereocenters. The summed E-state index contributed by atoms with van der Waals surface area (Å²) in [5.74, 6) is -4.21. The van der Waals surface area contributed by atoms with Crippen LogP contribution >= 0.6 is 0 Å². The van der Waals surface area contributed by atoms with Crippen molar-refractivity contribution in [3.63, 3.8) is 0 Å². The summed E-state index contributed by atoms with van der Waals surface area (Å²) in [5.41, 5.74) is 0.130. The molecule has 0 aromatic carbocycles. The largest absolute Gasteiger partial charge is 2.00 e. The number of hydrogen-bond donors (Lipinski definition) is 0. The van der Waals surface area contributed by atoms with Gasteiger partial charge in [-0.15, -0.1) is 0 Å². The van der Waals surface area contributed by atoms with Crippen molar-refractivity contribution in [1.82, 2.24) is 0 Å². The molecule has 212 valence electrons. The summed E-state index contributed by atoms with van der Waals surface area (Å²) in [5, 5.41) is 38.8. The average Bonchev–Trinajstić information content (AvgIpc) is 2.75. The van der Waals surface area contributed by atoms with Gasteiger partial charge in [-0.3, -0.25) is 0 Å². The molecule has 0 aliphatic carbocycles. The summed E-state index contributed by atoms with van der Waals surface area (Å²) in [6, 6.07) is 0. The van der Waals surface area contributed by atoms with Crippen molar-refractivity contribution in [3.8, 4) is 0 Å². The first kappa shape index (κ1) is 52.6. The van der Waals surface area contributed by atoms with Crippen LogP contribution in [0, 0.1) is 0 Å². The molecular weight excluding hydrogens is 867 g/mol. The quantitative estimate of drug-likeness (QED) is 0.144. The van der Waals surface area contributed by atoms with E-state index in [9.17, 15) is 39.6 Å². The van der Waals surface area contributed by atoms with Crippen LogP contribution in [0.25, 0.3) is 0 Å².